The second kappa shape index (κ2) is 6.97. The predicted molar refractivity (Wildman–Crippen MR) is 84.4 cm³/mol. The van der Waals surface area contributed by atoms with Crippen molar-refractivity contribution in [2.45, 2.75) is 52.2 Å². The molecule has 0 bridgehead atoms. The van der Waals surface area contributed by atoms with Crippen molar-refractivity contribution in [3.8, 4) is 0 Å². The fourth-order valence-electron chi connectivity index (χ4n) is 2.80. The van der Waals surface area contributed by atoms with Crippen LogP contribution < -0.4 is 5.32 Å². The van der Waals surface area contributed by atoms with Crippen LogP contribution in [0.4, 0.5) is 4.79 Å². The van der Waals surface area contributed by atoms with Crippen LogP contribution in [-0.2, 0) is 4.74 Å². The van der Waals surface area contributed by atoms with Crippen LogP contribution in [-0.4, -0.2) is 66.8 Å². The average molecular weight is 297 g/mol. The lowest BCUT2D eigenvalue weighted by molar-refractivity contribution is 0.00511. The second-order valence-corrected chi connectivity index (χ2v) is 7.56. The van der Waals surface area contributed by atoms with Gasteiger partial charge in [0.15, 0.2) is 0 Å². The van der Waals surface area contributed by atoms with E-state index in [1.165, 1.54) is 25.9 Å². The minimum absolute atomic E-state index is 0.189. The Hall–Kier alpha value is -0.810. The van der Waals surface area contributed by atoms with E-state index in [0.29, 0.717) is 6.04 Å². The van der Waals surface area contributed by atoms with Crippen LogP contribution in [0, 0.1) is 5.92 Å². The number of carbonyl (C=O) groups is 1. The molecule has 2 saturated heterocycles. The molecule has 5 heteroatoms. The summed E-state index contributed by atoms with van der Waals surface area (Å²) in [6.45, 7) is 14.2. The molecule has 1 N–H and O–H groups in total. The summed E-state index contributed by atoms with van der Waals surface area (Å²) < 4.78 is 5.35. The molecular weight excluding hydrogens is 266 g/mol. The molecule has 21 heavy (non-hydrogen) atoms. The number of piperidine rings is 1. The number of ether oxygens (including phenoxy) is 1. The molecule has 0 aliphatic carbocycles. The maximum atomic E-state index is 11.8. The van der Waals surface area contributed by atoms with Crippen LogP contribution in [0.2, 0.25) is 0 Å². The molecule has 0 spiro atoms. The van der Waals surface area contributed by atoms with Crippen molar-refractivity contribution in [3.05, 3.63) is 0 Å². The molecule has 0 aromatic rings. The van der Waals surface area contributed by atoms with E-state index in [1.807, 2.05) is 20.8 Å². The Kier molecular flexibility index (Phi) is 5.49. The average Bonchev–Trinajstić information content (AvgIpc) is 2.32. The number of hydrogen-bond acceptors (Lipinski definition) is 4. The summed E-state index contributed by atoms with van der Waals surface area (Å²) in [7, 11) is 0. The van der Waals surface area contributed by atoms with Gasteiger partial charge in [-0.15, -0.1) is 0 Å². The van der Waals surface area contributed by atoms with E-state index in [0.717, 1.165) is 32.1 Å². The van der Waals surface area contributed by atoms with Crippen molar-refractivity contribution in [3.63, 3.8) is 0 Å². The van der Waals surface area contributed by atoms with Crippen LogP contribution in [0.15, 0.2) is 0 Å². The van der Waals surface area contributed by atoms with E-state index >= 15 is 0 Å². The first-order valence-electron chi connectivity index (χ1n) is 8.27. The first-order valence-corrected chi connectivity index (χ1v) is 8.27. The summed E-state index contributed by atoms with van der Waals surface area (Å²) in [5, 5.41) is 3.53. The van der Waals surface area contributed by atoms with Gasteiger partial charge in [0.1, 0.15) is 5.60 Å². The Morgan fingerprint density at radius 3 is 2.43 bits per heavy atom. The first-order chi connectivity index (χ1) is 9.83. The van der Waals surface area contributed by atoms with E-state index in [4.69, 9.17) is 4.74 Å². The number of carbonyl (C=O) groups excluding carboxylic acids is 1. The highest BCUT2D eigenvalue weighted by atomic mass is 16.6. The van der Waals surface area contributed by atoms with Gasteiger partial charge < -0.3 is 19.9 Å². The molecule has 2 heterocycles. The standard InChI is InChI=1S/C16H31N3O2/c1-13-5-8-18(9-6-13)10-7-17-14-11-19(12-14)15(20)21-16(2,3)4/h13-14,17H,5-12H2,1-4H3. The Bertz CT molecular complexity index is 340. The van der Waals surface area contributed by atoms with E-state index < -0.39 is 5.60 Å². The van der Waals surface area contributed by atoms with Gasteiger partial charge in [-0.2, -0.15) is 0 Å². The SMILES string of the molecule is CC1CCN(CCNC2CN(C(=O)OC(C)(C)C)C2)CC1. The van der Waals surface area contributed by atoms with Crippen molar-refractivity contribution < 1.29 is 9.53 Å². The molecule has 0 aromatic heterocycles. The third kappa shape index (κ3) is 5.47. The molecule has 2 rings (SSSR count). The molecular formula is C16H31N3O2. The second-order valence-electron chi connectivity index (χ2n) is 7.56. The lowest BCUT2D eigenvalue weighted by Crippen LogP contribution is -2.61. The van der Waals surface area contributed by atoms with Gasteiger partial charge in [-0.3, -0.25) is 0 Å². The van der Waals surface area contributed by atoms with Gasteiger partial charge in [-0.1, -0.05) is 6.92 Å². The first kappa shape index (κ1) is 16.6. The maximum Gasteiger partial charge on any atom is 0.410 e. The molecule has 1 amide bonds. The molecule has 0 radical (unpaired) electrons. The van der Waals surface area contributed by atoms with Gasteiger partial charge in [0.2, 0.25) is 0 Å². The van der Waals surface area contributed by atoms with E-state index in [1.54, 1.807) is 4.90 Å². The van der Waals surface area contributed by atoms with Crippen molar-refractivity contribution in [1.82, 2.24) is 15.1 Å². The van der Waals surface area contributed by atoms with Gasteiger partial charge in [0.25, 0.3) is 0 Å². The third-order valence-electron chi connectivity index (χ3n) is 4.27. The summed E-state index contributed by atoms with van der Waals surface area (Å²) in [5.74, 6) is 0.892. The monoisotopic (exact) mass is 297 g/mol. The van der Waals surface area contributed by atoms with Gasteiger partial charge in [0, 0.05) is 32.2 Å². The topological polar surface area (TPSA) is 44.8 Å². The zero-order chi connectivity index (χ0) is 15.5. The Balaban J connectivity index is 1.54. The number of nitrogens with zero attached hydrogens (tertiary/aromatic N) is 2. The molecule has 0 atom stereocenters. The van der Waals surface area contributed by atoms with Gasteiger partial charge in [0.05, 0.1) is 0 Å². The molecule has 2 aliphatic rings. The van der Waals surface area contributed by atoms with Crippen LogP contribution >= 0.6 is 0 Å². The van der Waals surface area contributed by atoms with Gasteiger partial charge >= 0.3 is 6.09 Å². The molecule has 2 fully saturated rings. The third-order valence-corrected chi connectivity index (χ3v) is 4.27. The van der Waals surface area contributed by atoms with Crippen molar-refractivity contribution in [1.29, 1.82) is 0 Å². The molecule has 0 unspecified atom stereocenters. The zero-order valence-electron chi connectivity index (χ0n) is 14.0. The van der Waals surface area contributed by atoms with Crippen LogP contribution in [0.25, 0.3) is 0 Å². The van der Waals surface area contributed by atoms with Crippen LogP contribution in [0.3, 0.4) is 0 Å². The number of hydrogen-bond donors (Lipinski definition) is 1. The Morgan fingerprint density at radius 2 is 1.86 bits per heavy atom. The van der Waals surface area contributed by atoms with Crippen LogP contribution in [0.1, 0.15) is 40.5 Å². The van der Waals surface area contributed by atoms with Crippen molar-refractivity contribution in [2.24, 2.45) is 5.92 Å². The summed E-state index contributed by atoms with van der Waals surface area (Å²) in [6, 6.07) is 0.432. The van der Waals surface area contributed by atoms with Crippen molar-refractivity contribution >= 4 is 6.09 Å². The minimum Gasteiger partial charge on any atom is -0.444 e. The minimum atomic E-state index is -0.402. The molecule has 0 saturated carbocycles. The quantitative estimate of drug-likeness (QED) is 0.861. The summed E-state index contributed by atoms with van der Waals surface area (Å²) in [5.41, 5.74) is -0.402. The highest BCUT2D eigenvalue weighted by molar-refractivity contribution is 5.69. The van der Waals surface area contributed by atoms with Gasteiger partial charge in [-0.25, -0.2) is 4.79 Å². The van der Waals surface area contributed by atoms with E-state index in [2.05, 4.69) is 17.1 Å². The largest absolute Gasteiger partial charge is 0.444 e. The number of amides is 1. The highest BCUT2D eigenvalue weighted by Gasteiger charge is 2.33. The number of likely N-dealkylation sites (tertiary alicyclic amines) is 2. The smallest absolute Gasteiger partial charge is 0.410 e. The fourth-order valence-corrected chi connectivity index (χ4v) is 2.80. The fraction of sp³-hybridized carbons (Fsp3) is 0.938. The molecule has 0 aromatic carbocycles. The normalized spacial score (nSPS) is 22.2. The molecule has 5 nitrogen and oxygen atoms in total. The number of nitrogens with one attached hydrogen (secondary N) is 1. The lowest BCUT2D eigenvalue weighted by Gasteiger charge is -2.40. The maximum absolute atomic E-state index is 11.8. The lowest BCUT2D eigenvalue weighted by atomic mass is 9.99. The summed E-state index contributed by atoms with van der Waals surface area (Å²) in [6.07, 6.45) is 2.47. The predicted octanol–water partition coefficient (Wildman–Crippen LogP) is 1.93. The van der Waals surface area contributed by atoms with Crippen molar-refractivity contribution in [2.75, 3.05) is 39.3 Å². The highest BCUT2D eigenvalue weighted by Crippen LogP contribution is 2.16. The zero-order valence-corrected chi connectivity index (χ0v) is 14.0. The van der Waals surface area contributed by atoms with Crippen LogP contribution in [0.5, 0.6) is 0 Å². The molecule has 2 aliphatic heterocycles. The van der Waals surface area contributed by atoms with E-state index in [9.17, 15) is 4.79 Å². The Morgan fingerprint density at radius 1 is 1.24 bits per heavy atom. The summed E-state index contributed by atoms with van der Waals surface area (Å²) >= 11 is 0. The van der Waals surface area contributed by atoms with Gasteiger partial charge in [-0.05, 0) is 52.6 Å². The Labute approximate surface area is 129 Å². The summed E-state index contributed by atoms with van der Waals surface area (Å²) in [4.78, 5) is 16.1. The number of rotatable bonds is 4. The molecule has 122 valence electrons. The van der Waals surface area contributed by atoms with E-state index in [-0.39, 0.29) is 6.09 Å².